The van der Waals surface area contributed by atoms with E-state index in [1.165, 1.54) is 16.0 Å². The predicted octanol–water partition coefficient (Wildman–Crippen LogP) is 3.44. The number of benzene rings is 3. The van der Waals surface area contributed by atoms with Gasteiger partial charge < -0.3 is 15.5 Å². The van der Waals surface area contributed by atoms with Crippen LogP contribution in [-0.2, 0) is 4.79 Å². The van der Waals surface area contributed by atoms with Crippen LogP contribution in [0.4, 0.5) is 10.5 Å². The van der Waals surface area contributed by atoms with Crippen LogP contribution in [0.5, 0.6) is 0 Å². The van der Waals surface area contributed by atoms with E-state index < -0.39 is 0 Å². The molecule has 3 aromatic rings. The van der Waals surface area contributed by atoms with Crippen molar-refractivity contribution in [2.75, 3.05) is 33.1 Å². The number of primary amides is 1. The molecule has 0 aliphatic carbocycles. The molecule has 0 heterocycles. The van der Waals surface area contributed by atoms with Crippen LogP contribution >= 0.6 is 0 Å². The number of amides is 3. The van der Waals surface area contributed by atoms with Gasteiger partial charge >= 0.3 is 6.03 Å². The number of anilines is 1. The molecule has 37 heavy (non-hydrogen) atoms. The number of hydrogen-bond donors (Lipinski definition) is 1. The van der Waals surface area contributed by atoms with Crippen molar-refractivity contribution in [3.8, 4) is 11.1 Å². The topological polar surface area (TPSA) is 87.0 Å². The van der Waals surface area contributed by atoms with Gasteiger partial charge in [-0.3, -0.25) is 14.5 Å². The first-order valence-electron chi connectivity index (χ1n) is 11.6. The van der Waals surface area contributed by atoms with Gasteiger partial charge in [-0.2, -0.15) is 0 Å². The lowest BCUT2D eigenvalue weighted by Crippen LogP contribution is -2.35. The molecule has 0 saturated carbocycles. The molecule has 0 bridgehead atoms. The van der Waals surface area contributed by atoms with E-state index in [9.17, 15) is 14.4 Å². The van der Waals surface area contributed by atoms with Gasteiger partial charge in [-0.25, -0.2) is 4.79 Å². The summed E-state index contributed by atoms with van der Waals surface area (Å²) in [4.78, 5) is 39.4. The monoisotopic (exact) mass is 498 g/mol. The van der Waals surface area contributed by atoms with Crippen LogP contribution in [0.1, 0.15) is 17.3 Å². The van der Waals surface area contributed by atoms with Crippen LogP contribution in [0.3, 0.4) is 0 Å². The number of ketones is 1. The van der Waals surface area contributed by atoms with Crippen LogP contribution in [0.25, 0.3) is 23.4 Å². The Morgan fingerprint density at radius 3 is 1.78 bits per heavy atom. The summed E-state index contributed by atoms with van der Waals surface area (Å²) in [6.45, 7) is 9.40. The standard InChI is InChI=1S/C23H27N3O2.C7H7NO/c1-8-26(23(28)25(6)7)20-12-9-18(10-13-20)19-11-14-21(16(2)15-19)22(17(3)27)24(4)5;8-7(9)6-4-2-1-3-5-6/h8-15H,1-2H2,3-7H3;1-5H,(H2,8,9)/b22-21-;. The molecule has 7 nitrogen and oxygen atoms in total. The number of hydrogen-bond acceptors (Lipinski definition) is 4. The molecular weight excluding hydrogens is 464 g/mol. The fourth-order valence-electron chi connectivity index (χ4n) is 3.68. The number of nitrogens with zero attached hydrogens (tertiary/aromatic N) is 3. The summed E-state index contributed by atoms with van der Waals surface area (Å²) in [6.07, 6.45) is 1.50. The molecule has 0 aliphatic heterocycles. The third-order valence-electron chi connectivity index (χ3n) is 5.45. The van der Waals surface area contributed by atoms with Gasteiger partial charge in [0.2, 0.25) is 5.91 Å². The molecule has 0 saturated heterocycles. The van der Waals surface area contributed by atoms with Crippen LogP contribution < -0.4 is 21.1 Å². The average molecular weight is 499 g/mol. The van der Waals surface area contributed by atoms with E-state index in [1.54, 1.807) is 45.3 Å². The lowest BCUT2D eigenvalue weighted by molar-refractivity contribution is -0.112. The number of carbonyl (C=O) groups excluding carboxylic acids is 3. The van der Waals surface area contributed by atoms with E-state index in [4.69, 9.17) is 5.73 Å². The summed E-state index contributed by atoms with van der Waals surface area (Å²) in [7, 11) is 7.10. The first-order chi connectivity index (χ1) is 17.5. The zero-order valence-corrected chi connectivity index (χ0v) is 22.1. The number of likely N-dealkylation sites (N-methyl/N-ethyl adjacent to an activating group) is 1. The minimum Gasteiger partial charge on any atom is -0.374 e. The minimum atomic E-state index is -0.379. The third kappa shape index (κ3) is 7.41. The van der Waals surface area contributed by atoms with E-state index in [0.29, 0.717) is 11.3 Å². The van der Waals surface area contributed by atoms with Gasteiger partial charge in [-0.05, 0) is 46.7 Å². The van der Waals surface area contributed by atoms with Crippen molar-refractivity contribution in [3.63, 3.8) is 0 Å². The molecule has 0 radical (unpaired) electrons. The van der Waals surface area contributed by atoms with Gasteiger partial charge in [0.05, 0.1) is 11.4 Å². The molecule has 0 unspecified atom stereocenters. The highest BCUT2D eigenvalue weighted by atomic mass is 16.2. The molecule has 3 aromatic carbocycles. The average Bonchev–Trinajstić information content (AvgIpc) is 2.86. The normalized spacial score (nSPS) is 10.8. The molecule has 0 spiro atoms. The van der Waals surface area contributed by atoms with Crippen molar-refractivity contribution >= 4 is 35.7 Å². The fourth-order valence-corrected chi connectivity index (χ4v) is 3.68. The van der Waals surface area contributed by atoms with Crippen LogP contribution in [0.2, 0.25) is 0 Å². The van der Waals surface area contributed by atoms with Gasteiger partial charge in [0, 0.05) is 52.1 Å². The Morgan fingerprint density at radius 2 is 1.38 bits per heavy atom. The molecule has 7 heteroatoms. The van der Waals surface area contributed by atoms with Crippen molar-refractivity contribution in [2.24, 2.45) is 5.73 Å². The predicted molar refractivity (Wildman–Crippen MR) is 151 cm³/mol. The van der Waals surface area contributed by atoms with Gasteiger partial charge in [-0.1, -0.05) is 55.6 Å². The molecule has 0 fully saturated rings. The summed E-state index contributed by atoms with van der Waals surface area (Å²) in [5, 5.41) is 1.61. The van der Waals surface area contributed by atoms with E-state index in [0.717, 1.165) is 27.3 Å². The number of nitrogens with two attached hydrogens (primary N) is 1. The zero-order valence-electron chi connectivity index (χ0n) is 22.1. The fraction of sp³-hybridized carbons (Fsp3) is 0.167. The maximum Gasteiger partial charge on any atom is 0.328 e. The summed E-state index contributed by atoms with van der Waals surface area (Å²) >= 11 is 0. The molecule has 192 valence electrons. The first kappa shape index (κ1) is 28.6. The first-order valence-corrected chi connectivity index (χ1v) is 11.6. The second-order valence-corrected chi connectivity index (χ2v) is 8.68. The van der Waals surface area contributed by atoms with Crippen molar-refractivity contribution in [3.05, 3.63) is 102 Å². The molecule has 0 aliphatic rings. The molecule has 3 amide bonds. The Hall–Kier alpha value is -4.65. The zero-order chi connectivity index (χ0) is 27.7. The summed E-state index contributed by atoms with van der Waals surface area (Å²) in [5.41, 5.74) is 8.89. The van der Waals surface area contributed by atoms with Gasteiger partial charge in [0.15, 0.2) is 5.78 Å². The number of rotatable bonds is 6. The molecular formula is C30H34N4O3. The van der Waals surface area contributed by atoms with Gasteiger partial charge in [0.1, 0.15) is 0 Å². The van der Waals surface area contributed by atoms with Gasteiger partial charge in [-0.15, -0.1) is 0 Å². The van der Waals surface area contributed by atoms with E-state index >= 15 is 0 Å². The summed E-state index contributed by atoms with van der Waals surface area (Å²) in [5.74, 6) is -0.377. The highest BCUT2D eigenvalue weighted by molar-refractivity contribution is 6.12. The third-order valence-corrected chi connectivity index (χ3v) is 5.45. The maximum atomic E-state index is 12.2. The minimum absolute atomic E-state index is 0.00192. The highest BCUT2D eigenvalue weighted by Crippen LogP contribution is 2.23. The largest absolute Gasteiger partial charge is 0.374 e. The molecule has 0 atom stereocenters. The van der Waals surface area contributed by atoms with Crippen molar-refractivity contribution in [1.29, 1.82) is 0 Å². The maximum absolute atomic E-state index is 12.2. The van der Waals surface area contributed by atoms with Crippen LogP contribution in [0.15, 0.2) is 85.6 Å². The SMILES string of the molecule is C=CN(C(=O)N(C)C)c1ccc(-c2cc/c(=C(\C(C)=O)N(C)C)c(=C)c2)cc1.NC(=O)c1ccccc1. The van der Waals surface area contributed by atoms with E-state index in [-0.39, 0.29) is 17.7 Å². The molecule has 2 N–H and O–H groups in total. The Balaban J connectivity index is 0.000000449. The second kappa shape index (κ2) is 12.9. The smallest absolute Gasteiger partial charge is 0.328 e. The quantitative estimate of drug-likeness (QED) is 0.564. The Bertz CT molecular complexity index is 1380. The number of urea groups is 1. The van der Waals surface area contributed by atoms with Crippen molar-refractivity contribution in [1.82, 2.24) is 9.80 Å². The molecule has 0 aromatic heterocycles. The Kier molecular flexibility index (Phi) is 9.95. The van der Waals surface area contributed by atoms with Gasteiger partial charge in [0.25, 0.3) is 0 Å². The van der Waals surface area contributed by atoms with E-state index in [1.807, 2.05) is 67.5 Å². The summed E-state index contributed by atoms with van der Waals surface area (Å²) in [6, 6.07) is 22.1. The van der Waals surface area contributed by atoms with Crippen LogP contribution in [0, 0.1) is 0 Å². The van der Waals surface area contributed by atoms with Crippen LogP contribution in [-0.4, -0.2) is 55.7 Å². The lowest BCUT2D eigenvalue weighted by atomic mass is 10.0. The number of Topliss-reactive ketones (excluding diaryl/α,β-unsaturated/α-hetero) is 1. The van der Waals surface area contributed by atoms with E-state index in [2.05, 4.69) is 13.2 Å². The second-order valence-electron chi connectivity index (χ2n) is 8.68. The molecule has 3 rings (SSSR count). The van der Waals surface area contributed by atoms with Crippen molar-refractivity contribution < 1.29 is 14.4 Å². The Morgan fingerprint density at radius 1 is 0.811 bits per heavy atom. The lowest BCUT2D eigenvalue weighted by Gasteiger charge is -2.22. The Labute approximate surface area is 218 Å². The highest BCUT2D eigenvalue weighted by Gasteiger charge is 2.14. The number of carbonyl (C=O) groups is 3. The van der Waals surface area contributed by atoms with Crippen molar-refractivity contribution in [2.45, 2.75) is 6.92 Å². The summed E-state index contributed by atoms with van der Waals surface area (Å²) < 4.78 is 0.